The third-order valence-corrected chi connectivity index (χ3v) is 9.26. The molecule has 2 aromatic rings. The zero-order valence-corrected chi connectivity index (χ0v) is 17.8. The van der Waals surface area contributed by atoms with E-state index in [9.17, 15) is 13.2 Å². The van der Waals surface area contributed by atoms with Crippen molar-refractivity contribution in [3.8, 4) is 0 Å². The van der Waals surface area contributed by atoms with Crippen LogP contribution < -0.4 is 4.31 Å². The fraction of sp³-hybridized carbons (Fsp3) is 0.391. The molecule has 3 aliphatic rings. The van der Waals surface area contributed by atoms with Crippen LogP contribution in [0.2, 0.25) is 0 Å². The summed E-state index contributed by atoms with van der Waals surface area (Å²) in [5, 5.41) is 0. The average molecular weight is 439 g/mol. The first-order valence-electron chi connectivity index (χ1n) is 10.3. The average Bonchev–Trinajstić information content (AvgIpc) is 3.43. The predicted octanol–water partition coefficient (Wildman–Crippen LogP) is 3.36. The molecule has 0 aromatic heterocycles. The molecule has 3 fully saturated rings. The second kappa shape index (κ2) is 7.08. The summed E-state index contributed by atoms with van der Waals surface area (Å²) in [6, 6.07) is 14.1. The Kier molecular flexibility index (Phi) is 4.57. The van der Waals surface area contributed by atoms with Gasteiger partial charge in [-0.05, 0) is 43.0 Å². The van der Waals surface area contributed by atoms with Crippen LogP contribution in [0.1, 0.15) is 24.0 Å². The number of hydrogen-bond donors (Lipinski definition) is 0. The largest absolute Gasteiger partial charge is 0.460 e. The van der Waals surface area contributed by atoms with Gasteiger partial charge in [-0.1, -0.05) is 36.4 Å². The molecule has 2 aromatic carbocycles. The summed E-state index contributed by atoms with van der Waals surface area (Å²) in [5.74, 6) is -1.22. The Hall–Kier alpha value is -2.89. The van der Waals surface area contributed by atoms with Crippen molar-refractivity contribution in [2.75, 3.05) is 10.8 Å². The van der Waals surface area contributed by atoms with Crippen molar-refractivity contribution in [2.45, 2.75) is 43.3 Å². The molecule has 0 aliphatic carbocycles. The summed E-state index contributed by atoms with van der Waals surface area (Å²) in [6.07, 6.45) is 0.272. The lowest BCUT2D eigenvalue weighted by atomic mass is 9.78. The summed E-state index contributed by atoms with van der Waals surface area (Å²) in [5.41, 5.74) is 2.43. The maximum Gasteiger partial charge on any atom is 0.333 e. The molecule has 4 atom stereocenters. The summed E-state index contributed by atoms with van der Waals surface area (Å²) in [7, 11) is -4.09. The number of anilines is 1. The van der Waals surface area contributed by atoms with Crippen molar-refractivity contribution in [3.05, 3.63) is 71.1 Å². The van der Waals surface area contributed by atoms with Gasteiger partial charge in [0.1, 0.15) is 6.61 Å². The highest BCUT2D eigenvalue weighted by Crippen LogP contribution is 2.57. The summed E-state index contributed by atoms with van der Waals surface area (Å²) in [6.45, 7) is 9.18. The number of ether oxygens (including phenoxy) is 2. The van der Waals surface area contributed by atoms with E-state index in [1.165, 1.54) is 4.31 Å². The van der Waals surface area contributed by atoms with Crippen molar-refractivity contribution >= 4 is 27.4 Å². The van der Waals surface area contributed by atoms with Crippen LogP contribution in [0, 0.1) is 19.4 Å². The lowest BCUT2D eigenvalue weighted by molar-refractivity contribution is -0.150. The Morgan fingerprint density at radius 3 is 2.74 bits per heavy atom. The Bertz CT molecular complexity index is 1190. The molecule has 0 spiro atoms. The standard InChI is InChI=1S/C23H22N2O5S/c1-15-12-17(8-9-19(15)24-2)25-13-18-20-10-11-21(30-20)23(18,31(25,27)28)22(26)29-14-16-6-4-3-5-7-16/h3-9,12,18,20-21H,10-11,13-14H2,1H3/t18-,20+,21-,23-/m1/s1. The monoisotopic (exact) mass is 438 g/mol. The van der Waals surface area contributed by atoms with Gasteiger partial charge in [-0.2, -0.15) is 0 Å². The third kappa shape index (κ3) is 2.73. The van der Waals surface area contributed by atoms with Crippen LogP contribution in [0.3, 0.4) is 0 Å². The number of fused-ring (bicyclic) bond motifs is 5. The van der Waals surface area contributed by atoms with E-state index in [1.54, 1.807) is 25.1 Å². The van der Waals surface area contributed by atoms with Gasteiger partial charge in [0, 0.05) is 18.2 Å². The van der Waals surface area contributed by atoms with Crippen molar-refractivity contribution in [2.24, 2.45) is 5.92 Å². The van der Waals surface area contributed by atoms with Gasteiger partial charge in [-0.25, -0.2) is 13.3 Å². The van der Waals surface area contributed by atoms with Crippen LogP contribution >= 0.6 is 0 Å². The normalized spacial score (nSPS) is 30.1. The third-order valence-electron chi connectivity index (χ3n) is 6.73. The summed E-state index contributed by atoms with van der Waals surface area (Å²) in [4.78, 5) is 16.9. The second-order valence-corrected chi connectivity index (χ2v) is 10.4. The quantitative estimate of drug-likeness (QED) is 0.540. The lowest BCUT2D eigenvalue weighted by Gasteiger charge is -2.32. The predicted molar refractivity (Wildman–Crippen MR) is 114 cm³/mol. The van der Waals surface area contributed by atoms with Gasteiger partial charge in [0.05, 0.1) is 18.8 Å². The smallest absolute Gasteiger partial charge is 0.333 e. The highest BCUT2D eigenvalue weighted by molar-refractivity contribution is 7.95. The first-order chi connectivity index (χ1) is 14.9. The van der Waals surface area contributed by atoms with E-state index in [0.29, 0.717) is 23.4 Å². The second-order valence-electron chi connectivity index (χ2n) is 8.32. The SMILES string of the molecule is [C-]#[N+]c1ccc(N2C[C@@H]3[C@@H]4CC[C@@H](O4)[C@]3(C(=O)OCc3ccccc3)S2(=O)=O)cc1C. The highest BCUT2D eigenvalue weighted by Gasteiger charge is 2.77. The molecule has 2 bridgehead atoms. The molecular formula is C23H22N2O5S. The molecule has 0 N–H and O–H groups in total. The molecule has 7 nitrogen and oxygen atoms in total. The van der Waals surface area contributed by atoms with Crippen LogP contribution in [0.5, 0.6) is 0 Å². The number of carbonyl (C=O) groups is 1. The number of rotatable bonds is 4. The minimum Gasteiger partial charge on any atom is -0.460 e. The van der Waals surface area contributed by atoms with Crippen molar-refractivity contribution < 1.29 is 22.7 Å². The molecule has 3 heterocycles. The van der Waals surface area contributed by atoms with Gasteiger partial charge < -0.3 is 9.47 Å². The number of hydrogen-bond acceptors (Lipinski definition) is 5. The number of carbonyl (C=O) groups excluding carboxylic acids is 1. The van der Waals surface area contributed by atoms with E-state index in [0.717, 1.165) is 12.0 Å². The summed E-state index contributed by atoms with van der Waals surface area (Å²) < 4.78 is 38.9. The molecule has 0 saturated carbocycles. The number of benzene rings is 2. The van der Waals surface area contributed by atoms with Crippen LogP contribution in [0.4, 0.5) is 11.4 Å². The number of nitrogens with zero attached hydrogens (tertiary/aromatic N) is 2. The zero-order valence-electron chi connectivity index (χ0n) is 17.0. The maximum absolute atomic E-state index is 13.9. The van der Waals surface area contributed by atoms with Crippen molar-refractivity contribution in [1.29, 1.82) is 0 Å². The molecule has 3 aliphatic heterocycles. The summed E-state index contributed by atoms with van der Waals surface area (Å²) >= 11 is 0. The minimum absolute atomic E-state index is 0.0137. The molecule has 0 amide bonds. The number of esters is 1. The molecule has 8 heteroatoms. The van der Waals surface area contributed by atoms with E-state index in [2.05, 4.69) is 4.85 Å². The first kappa shape index (κ1) is 20.0. The topological polar surface area (TPSA) is 77.3 Å². The van der Waals surface area contributed by atoms with Gasteiger partial charge in [0.25, 0.3) is 10.0 Å². The number of aryl methyl sites for hydroxylation is 1. The Morgan fingerprint density at radius 1 is 1.26 bits per heavy atom. The molecular weight excluding hydrogens is 416 g/mol. The van der Waals surface area contributed by atoms with Crippen LogP contribution in [0.15, 0.2) is 48.5 Å². The Morgan fingerprint density at radius 2 is 2.03 bits per heavy atom. The van der Waals surface area contributed by atoms with E-state index in [-0.39, 0.29) is 19.3 Å². The van der Waals surface area contributed by atoms with Gasteiger partial charge in [-0.3, -0.25) is 9.10 Å². The number of sulfonamides is 1. The van der Waals surface area contributed by atoms with Gasteiger partial charge in [-0.15, -0.1) is 0 Å². The Balaban J connectivity index is 1.52. The van der Waals surface area contributed by atoms with Crippen molar-refractivity contribution in [1.82, 2.24) is 0 Å². The van der Waals surface area contributed by atoms with Crippen LogP contribution in [-0.4, -0.2) is 37.9 Å². The molecule has 5 rings (SSSR count). The van der Waals surface area contributed by atoms with Gasteiger partial charge in [0.2, 0.25) is 4.75 Å². The molecule has 0 unspecified atom stereocenters. The fourth-order valence-corrected chi connectivity index (χ4v) is 7.74. The maximum atomic E-state index is 13.9. The molecule has 31 heavy (non-hydrogen) atoms. The molecule has 0 radical (unpaired) electrons. The first-order valence-corrected chi connectivity index (χ1v) is 11.7. The minimum atomic E-state index is -4.09. The van der Waals surface area contributed by atoms with Gasteiger partial charge >= 0.3 is 5.97 Å². The van der Waals surface area contributed by atoms with E-state index in [4.69, 9.17) is 16.0 Å². The zero-order chi connectivity index (χ0) is 21.8. The van der Waals surface area contributed by atoms with Crippen molar-refractivity contribution in [3.63, 3.8) is 0 Å². The highest BCUT2D eigenvalue weighted by atomic mass is 32.2. The van der Waals surface area contributed by atoms with E-state index >= 15 is 0 Å². The van der Waals surface area contributed by atoms with Gasteiger partial charge in [0.15, 0.2) is 5.69 Å². The lowest BCUT2D eigenvalue weighted by Crippen LogP contribution is -2.57. The van der Waals surface area contributed by atoms with Crippen LogP contribution in [0.25, 0.3) is 4.85 Å². The molecule has 160 valence electrons. The molecule has 3 saturated heterocycles. The van der Waals surface area contributed by atoms with E-state index < -0.39 is 32.8 Å². The fourth-order valence-electron chi connectivity index (χ4n) is 5.25. The van der Waals surface area contributed by atoms with Crippen LogP contribution in [-0.2, 0) is 30.9 Å². The Labute approximate surface area is 181 Å². The van der Waals surface area contributed by atoms with E-state index in [1.807, 2.05) is 30.3 Å².